The van der Waals surface area contributed by atoms with Gasteiger partial charge in [-0.1, -0.05) is 35.9 Å². The van der Waals surface area contributed by atoms with Crippen LogP contribution in [-0.2, 0) is 4.79 Å². The molecule has 2 N–H and O–H groups in total. The summed E-state index contributed by atoms with van der Waals surface area (Å²) in [6, 6.07) is 10.8. The van der Waals surface area contributed by atoms with E-state index in [0.29, 0.717) is 33.5 Å². The van der Waals surface area contributed by atoms with E-state index in [2.05, 4.69) is 20.7 Å². The molecule has 0 fully saturated rings. The second-order valence-corrected chi connectivity index (χ2v) is 6.97. The number of anilines is 2. The third-order valence-corrected chi connectivity index (χ3v) is 4.92. The van der Waals surface area contributed by atoms with Crippen LogP contribution in [0.4, 0.5) is 16.0 Å². The molecule has 0 radical (unpaired) electrons. The maximum atomic E-state index is 14.6. The smallest absolute Gasteiger partial charge is 0.255 e. The van der Waals surface area contributed by atoms with Crippen molar-refractivity contribution in [1.82, 2.24) is 14.8 Å². The summed E-state index contributed by atoms with van der Waals surface area (Å²) in [5.41, 5.74) is 2.72. The average Bonchev–Trinajstić information content (AvgIpc) is 3.12. The summed E-state index contributed by atoms with van der Waals surface area (Å²) in [6.07, 6.45) is 1.37. The maximum Gasteiger partial charge on any atom is 0.255 e. The number of benzene rings is 2. The van der Waals surface area contributed by atoms with Gasteiger partial charge in [-0.2, -0.15) is 10.1 Å². The molecule has 1 aliphatic rings. The third kappa shape index (κ3) is 3.14. The van der Waals surface area contributed by atoms with Crippen molar-refractivity contribution in [1.29, 1.82) is 0 Å². The Morgan fingerprint density at radius 1 is 1.25 bits per heavy atom. The number of allylic oxidation sites excluding steroid dienone is 1. The van der Waals surface area contributed by atoms with Gasteiger partial charge < -0.3 is 10.6 Å². The molecule has 6 nitrogen and oxygen atoms in total. The van der Waals surface area contributed by atoms with Gasteiger partial charge in [0.1, 0.15) is 18.2 Å². The second-order valence-electron chi connectivity index (χ2n) is 6.53. The molecular formula is C20H17ClFN5O. The molecule has 0 unspecified atom stereocenters. The zero-order valence-corrected chi connectivity index (χ0v) is 16.0. The van der Waals surface area contributed by atoms with Crippen molar-refractivity contribution >= 4 is 29.1 Å². The summed E-state index contributed by atoms with van der Waals surface area (Å²) >= 11 is 6.06. The Bertz CT molecular complexity index is 1110. The highest BCUT2D eigenvalue weighted by atomic mass is 35.5. The van der Waals surface area contributed by atoms with Crippen LogP contribution in [0.2, 0.25) is 5.02 Å². The number of nitrogens with zero attached hydrogens (tertiary/aromatic N) is 3. The molecule has 28 heavy (non-hydrogen) atoms. The number of rotatable bonds is 3. The van der Waals surface area contributed by atoms with Gasteiger partial charge in [0.2, 0.25) is 5.95 Å². The van der Waals surface area contributed by atoms with E-state index in [1.807, 2.05) is 13.0 Å². The van der Waals surface area contributed by atoms with E-state index < -0.39 is 11.9 Å². The average molecular weight is 398 g/mol. The molecule has 0 spiro atoms. The lowest BCUT2D eigenvalue weighted by Crippen LogP contribution is -2.32. The number of aromatic nitrogens is 3. The lowest BCUT2D eigenvalue weighted by Gasteiger charge is -2.29. The number of carbonyl (C=O) groups is 1. The quantitative estimate of drug-likeness (QED) is 0.691. The van der Waals surface area contributed by atoms with Gasteiger partial charge in [-0.15, -0.1) is 0 Å². The van der Waals surface area contributed by atoms with E-state index in [1.54, 1.807) is 37.3 Å². The van der Waals surface area contributed by atoms with Gasteiger partial charge in [0.25, 0.3) is 5.91 Å². The van der Waals surface area contributed by atoms with Crippen LogP contribution in [0, 0.1) is 12.7 Å². The predicted octanol–water partition coefficient (Wildman–Crippen LogP) is 4.31. The molecular weight excluding hydrogens is 381 g/mol. The van der Waals surface area contributed by atoms with Crippen molar-refractivity contribution in [2.75, 3.05) is 10.6 Å². The SMILES string of the molecule is CC1=C(C(=O)Nc2cc(Cl)ccc2C)[C@@H](c2ccccc2F)n2ncnc2N1. The molecule has 2 aromatic carbocycles. The zero-order chi connectivity index (χ0) is 19.8. The first-order chi connectivity index (χ1) is 13.5. The van der Waals surface area contributed by atoms with Crippen LogP contribution in [0.15, 0.2) is 60.1 Å². The number of nitrogens with one attached hydrogen (secondary N) is 2. The number of fused-ring (bicyclic) bond motifs is 1. The fraction of sp³-hybridized carbons (Fsp3) is 0.150. The number of amides is 1. The highest BCUT2D eigenvalue weighted by molar-refractivity contribution is 6.31. The van der Waals surface area contributed by atoms with Crippen LogP contribution in [0.25, 0.3) is 0 Å². The first-order valence-electron chi connectivity index (χ1n) is 8.65. The minimum atomic E-state index is -0.751. The molecule has 8 heteroatoms. The van der Waals surface area contributed by atoms with Crippen LogP contribution in [-0.4, -0.2) is 20.7 Å². The standard InChI is InChI=1S/C20H17ClFN5O/c1-11-7-8-13(21)9-16(11)26-19(28)17-12(2)25-20-23-10-24-27(20)18(17)14-5-3-4-6-15(14)22/h3-10,18H,1-2H3,(H,26,28)(H,23,24,25)/t18-/m1/s1. The molecule has 4 rings (SSSR count). The van der Waals surface area contributed by atoms with Crippen molar-refractivity contribution < 1.29 is 9.18 Å². The molecule has 3 aromatic rings. The van der Waals surface area contributed by atoms with E-state index in [4.69, 9.17) is 11.6 Å². The normalized spacial score (nSPS) is 15.8. The van der Waals surface area contributed by atoms with Gasteiger partial charge in [0, 0.05) is 22.0 Å². The summed E-state index contributed by atoms with van der Waals surface area (Å²) in [7, 11) is 0. The minimum absolute atomic E-state index is 0.336. The van der Waals surface area contributed by atoms with Crippen LogP contribution in [0.1, 0.15) is 24.1 Å². The lowest BCUT2D eigenvalue weighted by molar-refractivity contribution is -0.113. The lowest BCUT2D eigenvalue weighted by atomic mass is 9.94. The highest BCUT2D eigenvalue weighted by Crippen LogP contribution is 2.36. The fourth-order valence-corrected chi connectivity index (χ4v) is 3.46. The number of hydrogen-bond acceptors (Lipinski definition) is 4. The Hall–Kier alpha value is -3.19. The number of hydrogen-bond donors (Lipinski definition) is 2. The minimum Gasteiger partial charge on any atom is -0.328 e. The van der Waals surface area contributed by atoms with Gasteiger partial charge in [0.05, 0.1) is 5.57 Å². The molecule has 1 aliphatic heterocycles. The summed E-state index contributed by atoms with van der Waals surface area (Å²) < 4.78 is 16.1. The van der Waals surface area contributed by atoms with Crippen molar-refractivity contribution in [2.45, 2.75) is 19.9 Å². The molecule has 0 saturated heterocycles. The van der Waals surface area contributed by atoms with Gasteiger partial charge in [-0.05, 0) is 37.6 Å². The van der Waals surface area contributed by atoms with Crippen LogP contribution >= 0.6 is 11.6 Å². The first-order valence-corrected chi connectivity index (χ1v) is 9.02. The summed E-state index contributed by atoms with van der Waals surface area (Å²) in [6.45, 7) is 3.63. The largest absolute Gasteiger partial charge is 0.328 e. The van der Waals surface area contributed by atoms with Crippen molar-refractivity contribution in [3.63, 3.8) is 0 Å². The van der Waals surface area contributed by atoms with E-state index in [0.717, 1.165) is 5.56 Å². The van der Waals surface area contributed by atoms with Gasteiger partial charge in [-0.25, -0.2) is 9.07 Å². The Labute approximate surface area is 166 Å². The van der Waals surface area contributed by atoms with Gasteiger partial charge in [0.15, 0.2) is 0 Å². The molecule has 1 atom stereocenters. The Morgan fingerprint density at radius 2 is 2.04 bits per heavy atom. The van der Waals surface area contributed by atoms with E-state index >= 15 is 0 Å². The number of carbonyl (C=O) groups excluding carboxylic acids is 1. The summed E-state index contributed by atoms with van der Waals surface area (Å²) in [4.78, 5) is 17.4. The summed E-state index contributed by atoms with van der Waals surface area (Å²) in [5, 5.41) is 10.7. The molecule has 1 aromatic heterocycles. The maximum absolute atomic E-state index is 14.6. The fourth-order valence-electron chi connectivity index (χ4n) is 3.29. The van der Waals surface area contributed by atoms with Crippen LogP contribution < -0.4 is 10.6 Å². The van der Waals surface area contributed by atoms with Crippen molar-refractivity contribution in [3.8, 4) is 0 Å². The van der Waals surface area contributed by atoms with Crippen molar-refractivity contribution in [2.24, 2.45) is 0 Å². The Balaban J connectivity index is 1.80. The topological polar surface area (TPSA) is 71.8 Å². The molecule has 1 amide bonds. The highest BCUT2D eigenvalue weighted by Gasteiger charge is 2.34. The van der Waals surface area contributed by atoms with E-state index in [1.165, 1.54) is 17.1 Å². The summed E-state index contributed by atoms with van der Waals surface area (Å²) in [5.74, 6) is -0.348. The van der Waals surface area contributed by atoms with Crippen LogP contribution in [0.3, 0.4) is 0 Å². The zero-order valence-electron chi connectivity index (χ0n) is 15.2. The second kappa shape index (κ2) is 7.09. The van der Waals surface area contributed by atoms with E-state index in [-0.39, 0.29) is 5.91 Å². The van der Waals surface area contributed by atoms with Crippen molar-refractivity contribution in [3.05, 3.63) is 82.0 Å². The van der Waals surface area contributed by atoms with E-state index in [9.17, 15) is 9.18 Å². The van der Waals surface area contributed by atoms with Crippen LogP contribution in [0.5, 0.6) is 0 Å². The number of halogens is 2. The monoisotopic (exact) mass is 397 g/mol. The molecule has 142 valence electrons. The first kappa shape index (κ1) is 18.2. The molecule has 0 aliphatic carbocycles. The predicted molar refractivity (Wildman–Crippen MR) is 106 cm³/mol. The Kier molecular flexibility index (Phi) is 4.60. The third-order valence-electron chi connectivity index (χ3n) is 4.69. The molecule has 0 saturated carbocycles. The molecule has 0 bridgehead atoms. The Morgan fingerprint density at radius 3 is 2.82 bits per heavy atom. The molecule has 2 heterocycles. The van der Waals surface area contributed by atoms with Gasteiger partial charge in [-0.3, -0.25) is 4.79 Å². The number of aryl methyl sites for hydroxylation is 1. The van der Waals surface area contributed by atoms with Gasteiger partial charge >= 0.3 is 0 Å².